The van der Waals surface area contributed by atoms with Crippen LogP contribution < -0.4 is 0 Å². The Kier molecular flexibility index (Phi) is 2.57. The summed E-state index contributed by atoms with van der Waals surface area (Å²) in [6.45, 7) is 2.12. The highest BCUT2D eigenvalue weighted by atomic mass is 35.5. The molecule has 0 atom stereocenters. The lowest BCUT2D eigenvalue weighted by Gasteiger charge is -2.02. The van der Waals surface area contributed by atoms with E-state index in [1.807, 2.05) is 10.8 Å². The number of fused-ring (bicyclic) bond motifs is 1. The molecule has 0 saturated heterocycles. The number of halogens is 1. The summed E-state index contributed by atoms with van der Waals surface area (Å²) >= 11 is 7.60. The van der Waals surface area contributed by atoms with Gasteiger partial charge in [0, 0.05) is 17.3 Å². The zero-order chi connectivity index (χ0) is 11.8. The summed E-state index contributed by atoms with van der Waals surface area (Å²) in [6.07, 6.45) is 6.26. The van der Waals surface area contributed by atoms with Crippen molar-refractivity contribution in [3.63, 3.8) is 0 Å². The van der Waals surface area contributed by atoms with Gasteiger partial charge in [0.1, 0.15) is 11.2 Å². The molecule has 3 heterocycles. The first kappa shape index (κ1) is 10.7. The van der Waals surface area contributed by atoms with Gasteiger partial charge in [-0.25, -0.2) is 9.97 Å². The molecule has 0 aliphatic carbocycles. The fourth-order valence-corrected chi connectivity index (χ4v) is 2.86. The molecule has 86 valence electrons. The van der Waals surface area contributed by atoms with Crippen molar-refractivity contribution < 1.29 is 0 Å². The fraction of sp³-hybridized carbons (Fsp3) is 0.182. The third-order valence-corrected chi connectivity index (χ3v) is 3.84. The molecular weight excluding hydrogens is 256 g/mol. The van der Waals surface area contributed by atoms with E-state index in [0.717, 1.165) is 22.5 Å². The summed E-state index contributed by atoms with van der Waals surface area (Å²) in [4.78, 5) is 14.8. The minimum absolute atomic E-state index is 0.269. The van der Waals surface area contributed by atoms with Crippen LogP contribution in [0.15, 0.2) is 24.8 Å². The number of hydrogen-bond donors (Lipinski definition) is 0. The Morgan fingerprint density at radius 1 is 1.41 bits per heavy atom. The monoisotopic (exact) mass is 264 g/mol. The highest BCUT2D eigenvalue weighted by molar-refractivity contribution is 7.18. The van der Waals surface area contributed by atoms with Crippen molar-refractivity contribution in [3.05, 3.63) is 34.9 Å². The number of aryl methyl sites for hydroxylation is 1. The van der Waals surface area contributed by atoms with Gasteiger partial charge in [0.25, 0.3) is 0 Å². The highest BCUT2D eigenvalue weighted by Crippen LogP contribution is 2.29. The van der Waals surface area contributed by atoms with Gasteiger partial charge in [0.05, 0.1) is 5.39 Å². The topological polar surface area (TPSA) is 43.6 Å². The highest BCUT2D eigenvalue weighted by Gasteiger charge is 2.11. The van der Waals surface area contributed by atoms with Crippen molar-refractivity contribution in [2.24, 2.45) is 0 Å². The van der Waals surface area contributed by atoms with Crippen LogP contribution in [-0.4, -0.2) is 19.5 Å². The number of hydrogen-bond acceptors (Lipinski definition) is 4. The van der Waals surface area contributed by atoms with E-state index in [4.69, 9.17) is 11.6 Å². The van der Waals surface area contributed by atoms with Gasteiger partial charge in [0.2, 0.25) is 5.28 Å². The number of aromatic nitrogens is 4. The maximum atomic E-state index is 5.94. The standard InChI is InChI=1S/C11H9ClN4S/c1-2-7-5-8-9(16-4-3-13-6-16)14-11(12)15-10(8)17-7/h3-6H,2H2,1H3. The average molecular weight is 265 g/mol. The molecule has 0 unspecified atom stereocenters. The smallest absolute Gasteiger partial charge is 0.225 e. The van der Waals surface area contributed by atoms with Crippen molar-refractivity contribution >= 4 is 33.2 Å². The molecule has 3 aromatic heterocycles. The van der Waals surface area contributed by atoms with Crippen LogP contribution >= 0.6 is 22.9 Å². The average Bonchev–Trinajstić information content (AvgIpc) is 2.96. The second-order valence-electron chi connectivity index (χ2n) is 3.57. The molecule has 0 saturated carbocycles. The molecule has 0 radical (unpaired) electrons. The van der Waals surface area contributed by atoms with E-state index in [-0.39, 0.29) is 5.28 Å². The molecule has 0 bridgehead atoms. The first-order valence-corrected chi connectivity index (χ1v) is 6.41. The predicted molar refractivity (Wildman–Crippen MR) is 68.9 cm³/mol. The van der Waals surface area contributed by atoms with Crippen molar-refractivity contribution in [3.8, 4) is 5.82 Å². The van der Waals surface area contributed by atoms with Crippen LogP contribution in [0.25, 0.3) is 16.0 Å². The summed E-state index contributed by atoms with van der Waals surface area (Å²) in [5.74, 6) is 0.786. The van der Waals surface area contributed by atoms with Crippen LogP contribution in [-0.2, 0) is 6.42 Å². The Hall–Kier alpha value is -1.46. The van der Waals surface area contributed by atoms with E-state index in [1.54, 1.807) is 23.9 Å². The molecule has 3 aromatic rings. The third-order valence-electron chi connectivity index (χ3n) is 2.49. The predicted octanol–water partition coefficient (Wildman–Crippen LogP) is 3.09. The number of rotatable bonds is 2. The van der Waals surface area contributed by atoms with E-state index in [2.05, 4.69) is 27.9 Å². The minimum Gasteiger partial charge on any atom is -0.290 e. The molecule has 0 fully saturated rings. The molecule has 0 aliphatic rings. The van der Waals surface area contributed by atoms with E-state index >= 15 is 0 Å². The van der Waals surface area contributed by atoms with Crippen LogP contribution in [0, 0.1) is 0 Å². The van der Waals surface area contributed by atoms with E-state index < -0.39 is 0 Å². The summed E-state index contributed by atoms with van der Waals surface area (Å²) in [7, 11) is 0. The molecule has 0 aromatic carbocycles. The van der Waals surface area contributed by atoms with Gasteiger partial charge in [-0.3, -0.25) is 4.57 Å². The Balaban J connectivity index is 2.32. The second-order valence-corrected chi connectivity index (χ2v) is 5.02. The Bertz CT molecular complexity index is 659. The Labute approximate surface area is 107 Å². The molecule has 0 N–H and O–H groups in total. The molecule has 0 amide bonds. The van der Waals surface area contributed by atoms with Crippen molar-refractivity contribution in [1.29, 1.82) is 0 Å². The van der Waals surface area contributed by atoms with Crippen LogP contribution in [0.1, 0.15) is 11.8 Å². The first-order chi connectivity index (χ1) is 8.28. The zero-order valence-corrected chi connectivity index (χ0v) is 10.7. The van der Waals surface area contributed by atoms with E-state index in [9.17, 15) is 0 Å². The largest absolute Gasteiger partial charge is 0.290 e. The molecule has 4 nitrogen and oxygen atoms in total. The van der Waals surface area contributed by atoms with Gasteiger partial charge in [-0.2, -0.15) is 4.98 Å². The van der Waals surface area contributed by atoms with Crippen LogP contribution in [0.3, 0.4) is 0 Å². The molecule has 17 heavy (non-hydrogen) atoms. The zero-order valence-electron chi connectivity index (χ0n) is 9.09. The number of thiophene rings is 1. The summed E-state index contributed by atoms with van der Waals surface area (Å²) < 4.78 is 1.85. The summed E-state index contributed by atoms with van der Waals surface area (Å²) in [5, 5.41) is 1.29. The van der Waals surface area contributed by atoms with Crippen LogP contribution in [0.5, 0.6) is 0 Å². The Morgan fingerprint density at radius 2 is 2.29 bits per heavy atom. The SMILES string of the molecule is CCc1cc2c(-n3ccnc3)nc(Cl)nc2s1. The Morgan fingerprint density at radius 3 is 3.00 bits per heavy atom. The lowest BCUT2D eigenvalue weighted by Crippen LogP contribution is -1.96. The van der Waals surface area contributed by atoms with Crippen molar-refractivity contribution in [2.75, 3.05) is 0 Å². The van der Waals surface area contributed by atoms with Crippen molar-refractivity contribution in [2.45, 2.75) is 13.3 Å². The van der Waals surface area contributed by atoms with Gasteiger partial charge in [-0.1, -0.05) is 6.92 Å². The number of nitrogens with zero attached hydrogens (tertiary/aromatic N) is 4. The van der Waals surface area contributed by atoms with Crippen LogP contribution in [0.2, 0.25) is 5.28 Å². The fourth-order valence-electron chi connectivity index (χ4n) is 1.69. The molecule has 0 spiro atoms. The van der Waals surface area contributed by atoms with E-state index in [0.29, 0.717) is 0 Å². The van der Waals surface area contributed by atoms with Gasteiger partial charge < -0.3 is 0 Å². The lowest BCUT2D eigenvalue weighted by molar-refractivity contribution is 0.995. The molecule has 3 rings (SSSR count). The van der Waals surface area contributed by atoms with E-state index in [1.165, 1.54) is 4.88 Å². The van der Waals surface area contributed by atoms with Crippen LogP contribution in [0.4, 0.5) is 0 Å². The molecule has 6 heteroatoms. The quantitative estimate of drug-likeness (QED) is 0.668. The summed E-state index contributed by atoms with van der Waals surface area (Å²) in [6, 6.07) is 2.12. The molecular formula is C11H9ClN4S. The third kappa shape index (κ3) is 1.81. The van der Waals surface area contributed by atoms with Crippen molar-refractivity contribution in [1.82, 2.24) is 19.5 Å². The summed E-state index contributed by atoms with van der Waals surface area (Å²) in [5.41, 5.74) is 0. The number of imidazole rings is 1. The maximum Gasteiger partial charge on any atom is 0.225 e. The van der Waals surface area contributed by atoms with Gasteiger partial charge in [-0.15, -0.1) is 11.3 Å². The first-order valence-electron chi connectivity index (χ1n) is 5.22. The van der Waals surface area contributed by atoms with Gasteiger partial charge in [0.15, 0.2) is 5.82 Å². The maximum absolute atomic E-state index is 5.94. The minimum atomic E-state index is 0.269. The molecule has 0 aliphatic heterocycles. The van der Waals surface area contributed by atoms with Gasteiger partial charge in [-0.05, 0) is 24.1 Å². The lowest BCUT2D eigenvalue weighted by atomic mass is 10.3. The van der Waals surface area contributed by atoms with Gasteiger partial charge >= 0.3 is 0 Å². The second kappa shape index (κ2) is 4.09. The normalized spacial score (nSPS) is 11.2.